The Hall–Kier alpha value is -1.89. The largest absolute Gasteiger partial charge is 0.399 e. The van der Waals surface area contributed by atoms with Crippen molar-refractivity contribution >= 4 is 49.4 Å². The average Bonchev–Trinajstić information content (AvgIpc) is 3.29. The molecule has 0 aliphatic carbocycles. The number of nitrogen functional groups attached to an aromatic ring is 1. The van der Waals surface area contributed by atoms with Gasteiger partial charge in [-0.1, -0.05) is 0 Å². The molecule has 2 aliphatic heterocycles. The smallest absolute Gasteiger partial charge is 0.124 e. The number of hydrogen-bond donors (Lipinski definition) is 3. The number of nitrogens with two attached hydrogens (primary N) is 1. The Morgan fingerprint density at radius 3 is 2.92 bits per heavy atom. The second-order valence-corrected chi connectivity index (χ2v) is 10.5. The van der Waals surface area contributed by atoms with Crippen molar-refractivity contribution in [1.82, 2.24) is 10.3 Å². The van der Waals surface area contributed by atoms with Crippen LogP contribution >= 0.6 is 22.2 Å². The number of aliphatic imine (C=N–C) groups is 1. The number of pyridine rings is 1. The number of aromatic nitrogens is 1. The molecule has 4 nitrogen and oxygen atoms in total. The van der Waals surface area contributed by atoms with Gasteiger partial charge in [-0.05, 0) is 57.1 Å². The Bertz CT molecular complexity index is 1040. The zero-order valence-corrected chi connectivity index (χ0v) is 16.6. The van der Waals surface area contributed by atoms with Crippen LogP contribution < -0.4 is 11.1 Å². The quantitative estimate of drug-likeness (QED) is 0.439. The first-order valence-corrected chi connectivity index (χ1v) is 11.1. The first kappa shape index (κ1) is 16.3. The molecule has 6 heteroatoms. The summed E-state index contributed by atoms with van der Waals surface area (Å²) in [5.41, 5.74) is 9.95. The molecular formula is C20H22N4S2. The standard InChI is InChI=1S/C20H22N4S2/c1-20(2)14(5-8-24-20)16-10-13-17(6-7-22-19(13)25-16)26-11-23-15-9-12(21)3-4-18(15)26/h3-4,6-7,9-11,14,24,26H,5,8,21H2,1-2H3. The predicted molar refractivity (Wildman–Crippen MR) is 114 cm³/mol. The third-order valence-electron chi connectivity index (χ3n) is 5.49. The van der Waals surface area contributed by atoms with E-state index in [-0.39, 0.29) is 5.54 Å². The van der Waals surface area contributed by atoms with Gasteiger partial charge >= 0.3 is 0 Å². The summed E-state index contributed by atoms with van der Waals surface area (Å²) in [6, 6.07) is 10.6. The lowest BCUT2D eigenvalue weighted by molar-refractivity contribution is 0.415. The van der Waals surface area contributed by atoms with E-state index in [1.165, 1.54) is 26.5 Å². The van der Waals surface area contributed by atoms with Gasteiger partial charge in [-0.2, -0.15) is 10.9 Å². The Morgan fingerprint density at radius 1 is 1.23 bits per heavy atom. The number of hydrogen-bond acceptors (Lipinski definition) is 5. The normalized spacial score (nSPS) is 25.0. The topological polar surface area (TPSA) is 63.3 Å². The van der Waals surface area contributed by atoms with Crippen LogP contribution in [0.3, 0.4) is 0 Å². The molecule has 26 heavy (non-hydrogen) atoms. The van der Waals surface area contributed by atoms with Gasteiger partial charge in [-0.15, -0.1) is 11.3 Å². The molecule has 0 saturated carbocycles. The molecular weight excluding hydrogens is 360 g/mol. The maximum Gasteiger partial charge on any atom is 0.124 e. The van der Waals surface area contributed by atoms with Gasteiger partial charge in [0.05, 0.1) is 5.69 Å². The molecule has 3 N–H and O–H groups in total. The lowest BCUT2D eigenvalue weighted by atomic mass is 9.88. The van der Waals surface area contributed by atoms with Crippen molar-refractivity contribution in [3.05, 3.63) is 41.4 Å². The van der Waals surface area contributed by atoms with Crippen LogP contribution in [-0.2, 0) is 0 Å². The lowest BCUT2D eigenvalue weighted by Crippen LogP contribution is -2.36. The summed E-state index contributed by atoms with van der Waals surface area (Å²) >= 11 is 1.85. The summed E-state index contributed by atoms with van der Waals surface area (Å²) in [6.07, 6.45) is 3.13. The predicted octanol–water partition coefficient (Wildman–Crippen LogP) is 4.83. The van der Waals surface area contributed by atoms with Crippen molar-refractivity contribution in [2.45, 2.75) is 41.5 Å². The summed E-state index contributed by atoms with van der Waals surface area (Å²) in [5, 5.41) is 4.92. The minimum atomic E-state index is -0.587. The summed E-state index contributed by atoms with van der Waals surface area (Å²) in [4.78, 5) is 14.5. The van der Waals surface area contributed by atoms with Gasteiger partial charge in [0.1, 0.15) is 4.83 Å². The van der Waals surface area contributed by atoms with Crippen molar-refractivity contribution in [2.75, 3.05) is 12.3 Å². The summed E-state index contributed by atoms with van der Waals surface area (Å²) in [6.45, 7) is 5.69. The van der Waals surface area contributed by atoms with E-state index in [0.29, 0.717) is 5.92 Å². The number of fused-ring (bicyclic) bond motifs is 2. The van der Waals surface area contributed by atoms with Crippen LogP contribution in [0.1, 0.15) is 31.1 Å². The third-order valence-corrected chi connectivity index (χ3v) is 8.80. The van der Waals surface area contributed by atoms with E-state index < -0.39 is 10.9 Å². The highest BCUT2D eigenvalue weighted by Crippen LogP contribution is 2.54. The number of nitrogens with zero attached hydrogens (tertiary/aromatic N) is 2. The molecule has 2 atom stereocenters. The highest BCUT2D eigenvalue weighted by Gasteiger charge is 2.36. The van der Waals surface area contributed by atoms with Crippen molar-refractivity contribution in [1.29, 1.82) is 0 Å². The summed E-state index contributed by atoms with van der Waals surface area (Å²) < 4.78 is 0. The fourth-order valence-corrected chi connectivity index (χ4v) is 7.50. The lowest BCUT2D eigenvalue weighted by Gasteiger charge is -2.26. The molecule has 5 rings (SSSR count). The van der Waals surface area contributed by atoms with Gasteiger partial charge in [-0.25, -0.2) is 9.98 Å². The Balaban J connectivity index is 1.61. The Kier molecular flexibility index (Phi) is 3.64. The number of thiol groups is 1. The molecule has 134 valence electrons. The summed E-state index contributed by atoms with van der Waals surface area (Å²) in [5.74, 6) is 0.548. The second kappa shape index (κ2) is 5.81. The first-order chi connectivity index (χ1) is 12.5. The Morgan fingerprint density at radius 2 is 2.12 bits per heavy atom. The molecule has 3 aromatic rings. The molecule has 0 amide bonds. The fourth-order valence-electron chi connectivity index (χ4n) is 4.07. The highest BCUT2D eigenvalue weighted by molar-refractivity contribution is 8.29. The molecule has 1 aromatic carbocycles. The van der Waals surface area contributed by atoms with E-state index in [0.717, 1.165) is 22.7 Å². The van der Waals surface area contributed by atoms with Crippen LogP contribution in [0.2, 0.25) is 0 Å². The fraction of sp³-hybridized carbons (Fsp3) is 0.300. The number of anilines is 1. The number of nitrogens with one attached hydrogen (secondary N) is 1. The van der Waals surface area contributed by atoms with Gasteiger partial charge in [0.2, 0.25) is 0 Å². The minimum Gasteiger partial charge on any atom is -0.399 e. The minimum absolute atomic E-state index is 0.144. The van der Waals surface area contributed by atoms with Crippen molar-refractivity contribution in [3.8, 4) is 0 Å². The highest BCUT2D eigenvalue weighted by atomic mass is 32.2. The van der Waals surface area contributed by atoms with Crippen molar-refractivity contribution in [3.63, 3.8) is 0 Å². The molecule has 2 unspecified atom stereocenters. The number of rotatable bonds is 2. The summed E-state index contributed by atoms with van der Waals surface area (Å²) in [7, 11) is -0.587. The number of thiophene rings is 1. The van der Waals surface area contributed by atoms with Crippen LogP contribution in [-0.4, -0.2) is 22.6 Å². The van der Waals surface area contributed by atoms with Crippen LogP contribution in [0.5, 0.6) is 0 Å². The zero-order valence-electron chi connectivity index (χ0n) is 14.9. The number of benzene rings is 1. The van der Waals surface area contributed by atoms with E-state index in [1.807, 2.05) is 29.7 Å². The van der Waals surface area contributed by atoms with Crippen LogP contribution in [0.15, 0.2) is 51.3 Å². The monoisotopic (exact) mass is 382 g/mol. The van der Waals surface area contributed by atoms with Gasteiger partial charge in [0, 0.05) is 48.9 Å². The van der Waals surface area contributed by atoms with Gasteiger partial charge in [0.15, 0.2) is 0 Å². The van der Waals surface area contributed by atoms with E-state index in [9.17, 15) is 0 Å². The van der Waals surface area contributed by atoms with E-state index in [2.05, 4.69) is 52.9 Å². The van der Waals surface area contributed by atoms with E-state index >= 15 is 0 Å². The van der Waals surface area contributed by atoms with E-state index in [1.54, 1.807) is 0 Å². The van der Waals surface area contributed by atoms with Crippen LogP contribution in [0, 0.1) is 0 Å². The first-order valence-electron chi connectivity index (χ1n) is 8.89. The maximum absolute atomic E-state index is 5.92. The molecule has 1 saturated heterocycles. The van der Waals surface area contributed by atoms with Crippen LogP contribution in [0.25, 0.3) is 10.2 Å². The van der Waals surface area contributed by atoms with E-state index in [4.69, 9.17) is 5.73 Å². The SMILES string of the molecule is CC1(C)NCCC1c1cc2c([SH]3C=Nc4cc(N)ccc43)ccnc2s1. The molecule has 0 spiro atoms. The molecule has 4 heterocycles. The van der Waals surface area contributed by atoms with Crippen molar-refractivity contribution in [2.24, 2.45) is 4.99 Å². The zero-order chi connectivity index (χ0) is 17.9. The van der Waals surface area contributed by atoms with Crippen LogP contribution in [0.4, 0.5) is 11.4 Å². The Labute approximate surface area is 159 Å². The molecule has 1 fully saturated rings. The maximum atomic E-state index is 5.92. The molecule has 0 radical (unpaired) electrons. The van der Waals surface area contributed by atoms with Gasteiger partial charge in [-0.3, -0.25) is 0 Å². The second-order valence-electron chi connectivity index (χ2n) is 7.55. The van der Waals surface area contributed by atoms with Crippen molar-refractivity contribution < 1.29 is 0 Å². The third kappa shape index (κ3) is 2.47. The van der Waals surface area contributed by atoms with Gasteiger partial charge < -0.3 is 11.1 Å². The molecule has 0 bridgehead atoms. The van der Waals surface area contributed by atoms with Gasteiger partial charge in [0.25, 0.3) is 0 Å². The molecule has 2 aromatic heterocycles. The average molecular weight is 383 g/mol. The molecule has 2 aliphatic rings.